The van der Waals surface area contributed by atoms with E-state index in [0.717, 1.165) is 24.9 Å². The van der Waals surface area contributed by atoms with Gasteiger partial charge in [0.2, 0.25) is 0 Å². The van der Waals surface area contributed by atoms with E-state index in [0.29, 0.717) is 18.3 Å². The van der Waals surface area contributed by atoms with Crippen molar-refractivity contribution in [3.63, 3.8) is 0 Å². The van der Waals surface area contributed by atoms with Crippen molar-refractivity contribution in [1.82, 2.24) is 4.90 Å². The van der Waals surface area contributed by atoms with Crippen molar-refractivity contribution in [2.75, 3.05) is 13.2 Å². The molecular formula is C14H20N2O2. The lowest BCUT2D eigenvalue weighted by Gasteiger charge is -2.20. The zero-order valence-corrected chi connectivity index (χ0v) is 10.8. The molecule has 0 atom stereocenters. The Kier molecular flexibility index (Phi) is 4.20. The third-order valence-corrected chi connectivity index (χ3v) is 3.19. The molecule has 0 heterocycles. The molecule has 4 nitrogen and oxygen atoms in total. The molecular weight excluding hydrogens is 228 g/mol. The number of likely N-dealkylation sites (N-methyl/N-ethyl adjacent to an activating group) is 1. The third kappa shape index (κ3) is 3.01. The number of hydrogen-bond donors (Lipinski definition) is 1. The van der Waals surface area contributed by atoms with E-state index in [2.05, 4.69) is 0 Å². The maximum atomic E-state index is 12.0. The Labute approximate surface area is 108 Å². The van der Waals surface area contributed by atoms with E-state index in [1.807, 2.05) is 36.1 Å². The SMILES string of the molecule is CCN(C(=O)COc1ccccc1CN)C1CC1. The van der Waals surface area contributed by atoms with E-state index < -0.39 is 0 Å². The molecule has 1 aromatic rings. The Morgan fingerprint density at radius 2 is 2.17 bits per heavy atom. The summed E-state index contributed by atoms with van der Waals surface area (Å²) in [6, 6.07) is 8.01. The first-order valence-corrected chi connectivity index (χ1v) is 6.46. The van der Waals surface area contributed by atoms with E-state index in [4.69, 9.17) is 10.5 Å². The maximum Gasteiger partial charge on any atom is 0.260 e. The Hall–Kier alpha value is -1.55. The molecule has 0 aliphatic heterocycles. The van der Waals surface area contributed by atoms with Gasteiger partial charge >= 0.3 is 0 Å². The van der Waals surface area contributed by atoms with Gasteiger partial charge in [0.1, 0.15) is 5.75 Å². The molecule has 4 heteroatoms. The molecule has 0 radical (unpaired) electrons. The van der Waals surface area contributed by atoms with Crippen molar-refractivity contribution in [2.45, 2.75) is 32.4 Å². The van der Waals surface area contributed by atoms with E-state index in [1.54, 1.807) is 0 Å². The summed E-state index contributed by atoms with van der Waals surface area (Å²) < 4.78 is 5.58. The second kappa shape index (κ2) is 5.87. The number of hydrogen-bond acceptors (Lipinski definition) is 3. The normalized spacial score (nSPS) is 14.3. The van der Waals surface area contributed by atoms with Crippen molar-refractivity contribution in [3.05, 3.63) is 29.8 Å². The highest BCUT2D eigenvalue weighted by Gasteiger charge is 2.31. The van der Waals surface area contributed by atoms with Crippen LogP contribution in [0.1, 0.15) is 25.3 Å². The van der Waals surface area contributed by atoms with Crippen LogP contribution in [0.2, 0.25) is 0 Å². The summed E-state index contributed by atoms with van der Waals surface area (Å²) in [6.45, 7) is 3.28. The molecule has 98 valence electrons. The first-order valence-electron chi connectivity index (χ1n) is 6.46. The van der Waals surface area contributed by atoms with Crippen LogP contribution in [0.4, 0.5) is 0 Å². The molecule has 18 heavy (non-hydrogen) atoms. The number of nitrogens with two attached hydrogens (primary N) is 1. The number of carbonyl (C=O) groups is 1. The van der Waals surface area contributed by atoms with Crippen LogP contribution < -0.4 is 10.5 Å². The number of rotatable bonds is 6. The maximum absolute atomic E-state index is 12.0. The highest BCUT2D eigenvalue weighted by atomic mass is 16.5. The van der Waals surface area contributed by atoms with Gasteiger partial charge in [0.25, 0.3) is 5.91 Å². The Morgan fingerprint density at radius 1 is 1.44 bits per heavy atom. The van der Waals surface area contributed by atoms with Crippen LogP contribution in [0.15, 0.2) is 24.3 Å². The summed E-state index contributed by atoms with van der Waals surface area (Å²) in [5.74, 6) is 0.770. The quantitative estimate of drug-likeness (QED) is 0.830. The Balaban J connectivity index is 1.92. The van der Waals surface area contributed by atoms with Gasteiger partial charge in [0.05, 0.1) is 0 Å². The zero-order chi connectivity index (χ0) is 13.0. The van der Waals surface area contributed by atoms with Gasteiger partial charge in [0.15, 0.2) is 6.61 Å². The minimum absolute atomic E-state index is 0.0619. The summed E-state index contributed by atoms with van der Waals surface area (Å²) in [5, 5.41) is 0. The molecule has 1 fully saturated rings. The van der Waals surface area contributed by atoms with Crippen molar-refractivity contribution in [3.8, 4) is 5.75 Å². The topological polar surface area (TPSA) is 55.6 Å². The van der Waals surface area contributed by atoms with Crippen LogP contribution in [-0.2, 0) is 11.3 Å². The van der Waals surface area contributed by atoms with Crippen molar-refractivity contribution in [2.24, 2.45) is 5.73 Å². The van der Waals surface area contributed by atoms with E-state index in [9.17, 15) is 4.79 Å². The van der Waals surface area contributed by atoms with Crippen molar-refractivity contribution in [1.29, 1.82) is 0 Å². The molecule has 1 aliphatic rings. The third-order valence-electron chi connectivity index (χ3n) is 3.19. The van der Waals surface area contributed by atoms with Crippen LogP contribution >= 0.6 is 0 Å². The predicted octanol–water partition coefficient (Wildman–Crippen LogP) is 1.53. The fourth-order valence-corrected chi connectivity index (χ4v) is 2.06. The highest BCUT2D eigenvalue weighted by Crippen LogP contribution is 2.26. The summed E-state index contributed by atoms with van der Waals surface area (Å²) in [4.78, 5) is 13.9. The fourth-order valence-electron chi connectivity index (χ4n) is 2.06. The van der Waals surface area contributed by atoms with Gasteiger partial charge < -0.3 is 15.4 Å². The molecule has 0 saturated heterocycles. The average molecular weight is 248 g/mol. The number of carbonyl (C=O) groups excluding carboxylic acids is 1. The van der Waals surface area contributed by atoms with Crippen LogP contribution in [0.3, 0.4) is 0 Å². The molecule has 0 spiro atoms. The Morgan fingerprint density at radius 3 is 2.78 bits per heavy atom. The van der Waals surface area contributed by atoms with Gasteiger partial charge in [0, 0.05) is 24.7 Å². The monoisotopic (exact) mass is 248 g/mol. The van der Waals surface area contributed by atoms with Crippen molar-refractivity contribution >= 4 is 5.91 Å². The number of benzene rings is 1. The molecule has 1 amide bonds. The van der Waals surface area contributed by atoms with E-state index >= 15 is 0 Å². The standard InChI is InChI=1S/C14H20N2O2/c1-2-16(12-7-8-12)14(17)10-18-13-6-4-3-5-11(13)9-15/h3-6,12H,2,7-10,15H2,1H3. The fraction of sp³-hybridized carbons (Fsp3) is 0.500. The second-order valence-electron chi connectivity index (χ2n) is 4.51. The van der Waals surface area contributed by atoms with Crippen LogP contribution in [0, 0.1) is 0 Å². The van der Waals surface area contributed by atoms with E-state index in [-0.39, 0.29) is 12.5 Å². The molecule has 1 saturated carbocycles. The lowest BCUT2D eigenvalue weighted by atomic mass is 10.2. The predicted molar refractivity (Wildman–Crippen MR) is 70.2 cm³/mol. The Bertz CT molecular complexity index is 416. The summed E-state index contributed by atoms with van der Waals surface area (Å²) >= 11 is 0. The van der Waals surface area contributed by atoms with Gasteiger partial charge in [-0.25, -0.2) is 0 Å². The van der Waals surface area contributed by atoms with Crippen LogP contribution in [-0.4, -0.2) is 30.0 Å². The largest absolute Gasteiger partial charge is 0.483 e. The lowest BCUT2D eigenvalue weighted by Crippen LogP contribution is -2.36. The average Bonchev–Trinajstić information content (AvgIpc) is 3.22. The number of nitrogens with zero attached hydrogens (tertiary/aromatic N) is 1. The second-order valence-corrected chi connectivity index (χ2v) is 4.51. The molecule has 1 aromatic carbocycles. The number of amides is 1. The van der Waals surface area contributed by atoms with Gasteiger partial charge in [-0.2, -0.15) is 0 Å². The summed E-state index contributed by atoms with van der Waals surface area (Å²) in [7, 11) is 0. The smallest absolute Gasteiger partial charge is 0.260 e. The molecule has 0 aromatic heterocycles. The van der Waals surface area contributed by atoms with Gasteiger partial charge in [-0.3, -0.25) is 4.79 Å². The van der Waals surface area contributed by atoms with E-state index in [1.165, 1.54) is 0 Å². The number of para-hydroxylation sites is 1. The van der Waals surface area contributed by atoms with Gasteiger partial charge in [-0.1, -0.05) is 18.2 Å². The van der Waals surface area contributed by atoms with Crippen LogP contribution in [0.25, 0.3) is 0 Å². The van der Waals surface area contributed by atoms with Crippen LogP contribution in [0.5, 0.6) is 5.75 Å². The van der Waals surface area contributed by atoms with Crippen molar-refractivity contribution < 1.29 is 9.53 Å². The summed E-state index contributed by atoms with van der Waals surface area (Å²) in [5.41, 5.74) is 6.56. The minimum atomic E-state index is 0.0619. The summed E-state index contributed by atoms with van der Waals surface area (Å²) in [6.07, 6.45) is 2.25. The van der Waals surface area contributed by atoms with Gasteiger partial charge in [-0.15, -0.1) is 0 Å². The molecule has 0 unspecified atom stereocenters. The first kappa shape index (κ1) is 12.9. The lowest BCUT2D eigenvalue weighted by molar-refractivity contribution is -0.133. The highest BCUT2D eigenvalue weighted by molar-refractivity contribution is 5.78. The zero-order valence-electron chi connectivity index (χ0n) is 10.8. The molecule has 2 rings (SSSR count). The molecule has 1 aliphatic carbocycles. The molecule has 2 N–H and O–H groups in total. The first-order chi connectivity index (χ1) is 8.76. The number of ether oxygens (including phenoxy) is 1. The van der Waals surface area contributed by atoms with Gasteiger partial charge in [-0.05, 0) is 25.8 Å². The minimum Gasteiger partial charge on any atom is -0.483 e. The molecule has 0 bridgehead atoms.